The van der Waals surface area contributed by atoms with E-state index in [1.165, 1.54) is 19.3 Å². The van der Waals surface area contributed by atoms with E-state index in [1.807, 2.05) is 0 Å². The molecule has 0 aliphatic heterocycles. The number of ether oxygens (including phenoxy) is 2. The summed E-state index contributed by atoms with van der Waals surface area (Å²) in [6.07, 6.45) is 6.21. The minimum absolute atomic E-state index is 0.400. The van der Waals surface area contributed by atoms with Crippen molar-refractivity contribution in [2.75, 3.05) is 20.3 Å². The highest BCUT2D eigenvalue weighted by atomic mass is 16.5. The lowest BCUT2D eigenvalue weighted by atomic mass is 10.1. The SMILES string of the molecule is CCCCC(CCOCCC)OC. The smallest absolute Gasteiger partial charge is 0.0593 e. The molecule has 0 saturated carbocycles. The van der Waals surface area contributed by atoms with E-state index in [0.717, 1.165) is 26.1 Å². The molecule has 80 valence electrons. The second kappa shape index (κ2) is 10.0. The zero-order chi connectivity index (χ0) is 9.94. The average Bonchev–Trinajstić information content (AvgIpc) is 2.17. The molecule has 0 aliphatic carbocycles. The Morgan fingerprint density at radius 3 is 2.31 bits per heavy atom. The highest BCUT2D eigenvalue weighted by Crippen LogP contribution is 2.07. The zero-order valence-corrected chi connectivity index (χ0v) is 9.34. The largest absolute Gasteiger partial charge is 0.381 e. The van der Waals surface area contributed by atoms with Gasteiger partial charge in [0.25, 0.3) is 0 Å². The first kappa shape index (κ1) is 12.9. The third kappa shape index (κ3) is 8.26. The monoisotopic (exact) mass is 188 g/mol. The number of hydrogen-bond donors (Lipinski definition) is 0. The Morgan fingerprint density at radius 1 is 1.00 bits per heavy atom. The quantitative estimate of drug-likeness (QED) is 0.518. The predicted octanol–water partition coefficient (Wildman–Crippen LogP) is 3.01. The molecule has 0 aromatic rings. The summed E-state index contributed by atoms with van der Waals surface area (Å²) in [5.74, 6) is 0. The Kier molecular flexibility index (Phi) is 9.94. The lowest BCUT2D eigenvalue weighted by molar-refractivity contribution is 0.0462. The van der Waals surface area contributed by atoms with Gasteiger partial charge in [-0.25, -0.2) is 0 Å². The minimum Gasteiger partial charge on any atom is -0.381 e. The van der Waals surface area contributed by atoms with Crippen LogP contribution in [0.3, 0.4) is 0 Å². The van der Waals surface area contributed by atoms with Gasteiger partial charge in [-0.05, 0) is 19.3 Å². The fraction of sp³-hybridized carbons (Fsp3) is 1.00. The van der Waals surface area contributed by atoms with Crippen molar-refractivity contribution in [3.05, 3.63) is 0 Å². The third-order valence-corrected chi connectivity index (χ3v) is 2.15. The molecular weight excluding hydrogens is 164 g/mol. The molecule has 0 bridgehead atoms. The average molecular weight is 188 g/mol. The van der Waals surface area contributed by atoms with Crippen LogP contribution in [0.5, 0.6) is 0 Å². The van der Waals surface area contributed by atoms with Gasteiger partial charge in [0.1, 0.15) is 0 Å². The summed E-state index contributed by atoms with van der Waals surface area (Å²) in [5.41, 5.74) is 0. The molecule has 2 heteroatoms. The fourth-order valence-corrected chi connectivity index (χ4v) is 1.27. The Bertz CT molecular complexity index is 94.1. The molecule has 0 aliphatic rings. The van der Waals surface area contributed by atoms with Gasteiger partial charge in [0.05, 0.1) is 6.10 Å². The van der Waals surface area contributed by atoms with Crippen molar-refractivity contribution in [1.29, 1.82) is 0 Å². The van der Waals surface area contributed by atoms with Gasteiger partial charge in [-0.3, -0.25) is 0 Å². The molecule has 0 aromatic heterocycles. The Hall–Kier alpha value is -0.0800. The summed E-state index contributed by atoms with van der Waals surface area (Å²) in [4.78, 5) is 0. The Balaban J connectivity index is 3.25. The van der Waals surface area contributed by atoms with E-state index in [2.05, 4.69) is 13.8 Å². The highest BCUT2D eigenvalue weighted by Gasteiger charge is 2.05. The van der Waals surface area contributed by atoms with E-state index < -0.39 is 0 Å². The second-order valence-electron chi connectivity index (χ2n) is 3.40. The van der Waals surface area contributed by atoms with Crippen LogP contribution in [0.4, 0.5) is 0 Å². The van der Waals surface area contributed by atoms with E-state index >= 15 is 0 Å². The molecule has 2 nitrogen and oxygen atoms in total. The van der Waals surface area contributed by atoms with Crippen LogP contribution in [0.15, 0.2) is 0 Å². The second-order valence-corrected chi connectivity index (χ2v) is 3.40. The molecule has 0 rings (SSSR count). The maximum Gasteiger partial charge on any atom is 0.0593 e. The van der Waals surface area contributed by atoms with Crippen LogP contribution in [0, 0.1) is 0 Å². The molecule has 0 N–H and O–H groups in total. The van der Waals surface area contributed by atoms with E-state index in [-0.39, 0.29) is 0 Å². The maximum atomic E-state index is 5.42. The molecule has 0 radical (unpaired) electrons. The van der Waals surface area contributed by atoms with Crippen molar-refractivity contribution >= 4 is 0 Å². The van der Waals surface area contributed by atoms with Gasteiger partial charge >= 0.3 is 0 Å². The highest BCUT2D eigenvalue weighted by molar-refractivity contribution is 4.56. The van der Waals surface area contributed by atoms with Crippen LogP contribution in [-0.2, 0) is 9.47 Å². The summed E-state index contributed by atoms with van der Waals surface area (Å²) >= 11 is 0. The molecule has 0 fully saturated rings. The van der Waals surface area contributed by atoms with Crippen molar-refractivity contribution < 1.29 is 9.47 Å². The van der Waals surface area contributed by atoms with Crippen LogP contribution >= 0.6 is 0 Å². The van der Waals surface area contributed by atoms with Gasteiger partial charge in [-0.1, -0.05) is 26.7 Å². The first-order valence-corrected chi connectivity index (χ1v) is 5.45. The molecular formula is C11H24O2. The summed E-state index contributed by atoms with van der Waals surface area (Å²) in [7, 11) is 1.79. The molecule has 0 aromatic carbocycles. The van der Waals surface area contributed by atoms with Gasteiger partial charge in [0, 0.05) is 20.3 Å². The number of hydrogen-bond acceptors (Lipinski definition) is 2. The first-order chi connectivity index (χ1) is 6.35. The number of rotatable bonds is 9. The minimum atomic E-state index is 0.400. The van der Waals surface area contributed by atoms with Crippen molar-refractivity contribution in [3.8, 4) is 0 Å². The molecule has 1 unspecified atom stereocenters. The molecule has 13 heavy (non-hydrogen) atoms. The zero-order valence-electron chi connectivity index (χ0n) is 9.34. The molecule has 1 atom stereocenters. The molecule has 0 spiro atoms. The van der Waals surface area contributed by atoms with E-state index in [0.29, 0.717) is 6.10 Å². The van der Waals surface area contributed by atoms with E-state index in [9.17, 15) is 0 Å². The Morgan fingerprint density at radius 2 is 1.77 bits per heavy atom. The van der Waals surface area contributed by atoms with Gasteiger partial charge in [-0.15, -0.1) is 0 Å². The van der Waals surface area contributed by atoms with Crippen molar-refractivity contribution in [2.24, 2.45) is 0 Å². The van der Waals surface area contributed by atoms with E-state index in [4.69, 9.17) is 9.47 Å². The van der Waals surface area contributed by atoms with Crippen molar-refractivity contribution in [1.82, 2.24) is 0 Å². The fourth-order valence-electron chi connectivity index (χ4n) is 1.27. The lowest BCUT2D eigenvalue weighted by Gasteiger charge is -2.14. The van der Waals surface area contributed by atoms with Gasteiger partial charge in [0.2, 0.25) is 0 Å². The van der Waals surface area contributed by atoms with Crippen LogP contribution in [-0.4, -0.2) is 26.4 Å². The normalized spacial score (nSPS) is 13.2. The molecule has 0 amide bonds. The van der Waals surface area contributed by atoms with Crippen LogP contribution in [0.25, 0.3) is 0 Å². The van der Waals surface area contributed by atoms with Crippen molar-refractivity contribution in [2.45, 2.75) is 52.1 Å². The number of methoxy groups -OCH3 is 1. The summed E-state index contributed by atoms with van der Waals surface area (Å²) < 4.78 is 10.8. The number of unbranched alkanes of at least 4 members (excludes halogenated alkanes) is 1. The predicted molar refractivity (Wildman–Crippen MR) is 56.0 cm³/mol. The van der Waals surface area contributed by atoms with Crippen LogP contribution in [0.2, 0.25) is 0 Å². The van der Waals surface area contributed by atoms with Crippen LogP contribution < -0.4 is 0 Å². The first-order valence-electron chi connectivity index (χ1n) is 5.45. The lowest BCUT2D eigenvalue weighted by Crippen LogP contribution is -2.13. The van der Waals surface area contributed by atoms with Gasteiger partial charge < -0.3 is 9.47 Å². The summed E-state index contributed by atoms with van der Waals surface area (Å²) in [6, 6.07) is 0. The maximum absolute atomic E-state index is 5.42. The topological polar surface area (TPSA) is 18.5 Å². The standard InChI is InChI=1S/C11H24O2/c1-4-6-7-11(12-3)8-10-13-9-5-2/h11H,4-10H2,1-3H3. The Labute approximate surface area is 82.6 Å². The van der Waals surface area contributed by atoms with Crippen LogP contribution in [0.1, 0.15) is 46.0 Å². The van der Waals surface area contributed by atoms with Crippen molar-refractivity contribution in [3.63, 3.8) is 0 Å². The van der Waals surface area contributed by atoms with Gasteiger partial charge in [-0.2, -0.15) is 0 Å². The van der Waals surface area contributed by atoms with E-state index in [1.54, 1.807) is 7.11 Å². The third-order valence-electron chi connectivity index (χ3n) is 2.15. The molecule has 0 saturated heterocycles. The van der Waals surface area contributed by atoms with Gasteiger partial charge in [0.15, 0.2) is 0 Å². The summed E-state index contributed by atoms with van der Waals surface area (Å²) in [5, 5.41) is 0. The molecule has 0 heterocycles. The summed E-state index contributed by atoms with van der Waals surface area (Å²) in [6.45, 7) is 6.06.